The molecule has 0 bridgehead atoms. The highest BCUT2D eigenvalue weighted by molar-refractivity contribution is 7.09. The minimum absolute atomic E-state index is 0.112. The Hall–Kier alpha value is -2.97. The van der Waals surface area contributed by atoms with Crippen molar-refractivity contribution in [1.82, 2.24) is 14.9 Å². The first-order valence-electron chi connectivity index (χ1n) is 10.4. The Labute approximate surface area is 211 Å². The summed E-state index contributed by atoms with van der Waals surface area (Å²) in [6, 6.07) is 15.9. The SMILES string of the molecule is O=C(c1ccc(Cl)cc1)N(Cc1cccnc1)Cc1cc(Cl)ccc1OCc1nc(CO)cs1. The second-order valence-electron chi connectivity index (χ2n) is 7.46. The van der Waals surface area contributed by atoms with Crippen LogP contribution in [0.4, 0.5) is 0 Å². The van der Waals surface area contributed by atoms with Gasteiger partial charge in [-0.05, 0) is 54.1 Å². The standard InChI is InChI=1S/C25H21Cl2N3O3S/c26-20-5-3-18(4-6-20)25(32)30(12-17-2-1-9-28-11-17)13-19-10-21(27)7-8-23(19)33-15-24-29-22(14-31)16-34-24/h1-11,16,31H,12-15H2. The van der Waals surface area contributed by atoms with Gasteiger partial charge >= 0.3 is 0 Å². The van der Waals surface area contributed by atoms with Crippen molar-refractivity contribution in [3.8, 4) is 5.75 Å². The van der Waals surface area contributed by atoms with Crippen LogP contribution in [0.1, 0.15) is 32.2 Å². The number of benzene rings is 2. The van der Waals surface area contributed by atoms with Crippen LogP contribution in [0.15, 0.2) is 72.4 Å². The summed E-state index contributed by atoms with van der Waals surface area (Å²) in [5.74, 6) is 0.448. The van der Waals surface area contributed by atoms with Gasteiger partial charge in [-0.1, -0.05) is 29.3 Å². The van der Waals surface area contributed by atoms with Crippen molar-refractivity contribution < 1.29 is 14.6 Å². The van der Waals surface area contributed by atoms with E-state index in [1.165, 1.54) is 11.3 Å². The summed E-state index contributed by atoms with van der Waals surface area (Å²) >= 11 is 13.7. The first-order chi connectivity index (χ1) is 16.5. The lowest BCUT2D eigenvalue weighted by Crippen LogP contribution is -2.30. The molecule has 0 saturated carbocycles. The number of halogens is 2. The molecule has 4 rings (SSSR count). The first-order valence-corrected chi connectivity index (χ1v) is 12.0. The molecule has 0 saturated heterocycles. The van der Waals surface area contributed by atoms with Crippen LogP contribution in [-0.2, 0) is 26.3 Å². The van der Waals surface area contributed by atoms with Crippen molar-refractivity contribution in [3.05, 3.63) is 110 Å². The Morgan fingerprint density at radius 3 is 2.56 bits per heavy atom. The number of carbonyl (C=O) groups is 1. The zero-order valence-electron chi connectivity index (χ0n) is 18.0. The number of hydrogen-bond donors (Lipinski definition) is 1. The molecule has 0 spiro atoms. The molecule has 0 aliphatic carbocycles. The summed E-state index contributed by atoms with van der Waals surface area (Å²) in [7, 11) is 0. The summed E-state index contributed by atoms with van der Waals surface area (Å²) in [6.45, 7) is 0.755. The fourth-order valence-electron chi connectivity index (χ4n) is 3.33. The number of aromatic nitrogens is 2. The van der Waals surface area contributed by atoms with Gasteiger partial charge in [-0.3, -0.25) is 9.78 Å². The van der Waals surface area contributed by atoms with Crippen molar-refractivity contribution >= 4 is 40.4 Å². The lowest BCUT2D eigenvalue weighted by atomic mass is 10.1. The normalized spacial score (nSPS) is 10.8. The van der Waals surface area contributed by atoms with Gasteiger partial charge in [0.25, 0.3) is 5.91 Å². The molecule has 2 aromatic carbocycles. The summed E-state index contributed by atoms with van der Waals surface area (Å²) in [5.41, 5.74) is 2.79. The fraction of sp³-hybridized carbons (Fsp3) is 0.160. The van der Waals surface area contributed by atoms with Crippen LogP contribution in [0, 0.1) is 0 Å². The Balaban J connectivity index is 1.59. The summed E-state index contributed by atoms with van der Waals surface area (Å²) < 4.78 is 6.03. The van der Waals surface area contributed by atoms with E-state index in [-0.39, 0.29) is 25.7 Å². The lowest BCUT2D eigenvalue weighted by Gasteiger charge is -2.24. The third-order valence-corrected chi connectivity index (χ3v) is 6.33. The molecule has 1 amide bonds. The molecule has 0 radical (unpaired) electrons. The predicted molar refractivity (Wildman–Crippen MR) is 133 cm³/mol. The third-order valence-electron chi connectivity index (χ3n) is 4.97. The van der Waals surface area contributed by atoms with E-state index in [0.717, 1.165) is 16.1 Å². The van der Waals surface area contributed by atoms with E-state index in [1.807, 2.05) is 12.1 Å². The number of aliphatic hydroxyl groups excluding tert-OH is 1. The molecule has 0 fully saturated rings. The highest BCUT2D eigenvalue weighted by atomic mass is 35.5. The Morgan fingerprint density at radius 2 is 1.85 bits per heavy atom. The van der Waals surface area contributed by atoms with Crippen molar-refractivity contribution in [2.24, 2.45) is 0 Å². The van der Waals surface area contributed by atoms with Crippen LogP contribution in [-0.4, -0.2) is 25.9 Å². The maximum atomic E-state index is 13.4. The van der Waals surface area contributed by atoms with Crippen LogP contribution in [0.3, 0.4) is 0 Å². The second kappa shape index (κ2) is 11.4. The molecule has 9 heteroatoms. The van der Waals surface area contributed by atoms with E-state index in [2.05, 4.69) is 9.97 Å². The van der Waals surface area contributed by atoms with Crippen LogP contribution < -0.4 is 4.74 Å². The topological polar surface area (TPSA) is 75.6 Å². The Kier molecular flexibility index (Phi) is 8.13. The summed E-state index contributed by atoms with van der Waals surface area (Å²) in [4.78, 5) is 23.6. The number of pyridine rings is 1. The van der Waals surface area contributed by atoms with E-state index in [1.54, 1.807) is 65.1 Å². The number of nitrogens with zero attached hydrogens (tertiary/aromatic N) is 3. The van der Waals surface area contributed by atoms with Crippen molar-refractivity contribution in [3.63, 3.8) is 0 Å². The molecular formula is C25H21Cl2N3O3S. The minimum Gasteiger partial charge on any atom is -0.486 e. The number of thiazole rings is 1. The fourth-order valence-corrected chi connectivity index (χ4v) is 4.35. The molecule has 0 aliphatic rings. The highest BCUT2D eigenvalue weighted by Crippen LogP contribution is 2.27. The predicted octanol–water partition coefficient (Wildman–Crippen LogP) is 5.76. The van der Waals surface area contributed by atoms with Gasteiger partial charge in [-0.15, -0.1) is 11.3 Å². The molecule has 2 heterocycles. The van der Waals surface area contributed by atoms with Crippen LogP contribution in [0.5, 0.6) is 5.75 Å². The smallest absolute Gasteiger partial charge is 0.254 e. The van der Waals surface area contributed by atoms with Gasteiger partial charge in [0.05, 0.1) is 18.8 Å². The molecule has 2 aromatic heterocycles. The van der Waals surface area contributed by atoms with Crippen LogP contribution >= 0.6 is 34.5 Å². The molecule has 1 N–H and O–H groups in total. The van der Waals surface area contributed by atoms with Gasteiger partial charge < -0.3 is 14.7 Å². The maximum absolute atomic E-state index is 13.4. The second-order valence-corrected chi connectivity index (χ2v) is 9.28. The van der Waals surface area contributed by atoms with E-state index < -0.39 is 0 Å². The zero-order valence-corrected chi connectivity index (χ0v) is 20.4. The zero-order chi connectivity index (χ0) is 23.9. The van der Waals surface area contributed by atoms with Gasteiger partial charge in [0, 0.05) is 45.5 Å². The van der Waals surface area contributed by atoms with Crippen molar-refractivity contribution in [1.29, 1.82) is 0 Å². The van der Waals surface area contributed by atoms with Gasteiger partial charge in [0.15, 0.2) is 0 Å². The highest BCUT2D eigenvalue weighted by Gasteiger charge is 2.19. The van der Waals surface area contributed by atoms with Gasteiger partial charge in [0.1, 0.15) is 17.4 Å². The van der Waals surface area contributed by atoms with Gasteiger partial charge in [0.2, 0.25) is 0 Å². The average Bonchev–Trinajstić information content (AvgIpc) is 3.32. The Morgan fingerprint density at radius 1 is 1.06 bits per heavy atom. The number of ether oxygens (including phenoxy) is 1. The van der Waals surface area contributed by atoms with Gasteiger partial charge in [-0.2, -0.15) is 0 Å². The largest absolute Gasteiger partial charge is 0.486 e. The maximum Gasteiger partial charge on any atom is 0.254 e. The molecule has 174 valence electrons. The van der Waals surface area contributed by atoms with E-state index >= 15 is 0 Å². The number of rotatable bonds is 9. The molecule has 6 nitrogen and oxygen atoms in total. The first kappa shape index (κ1) is 24.2. The summed E-state index contributed by atoms with van der Waals surface area (Å²) in [5, 5.41) is 12.9. The summed E-state index contributed by atoms with van der Waals surface area (Å²) in [6.07, 6.45) is 3.43. The van der Waals surface area contributed by atoms with Crippen molar-refractivity contribution in [2.75, 3.05) is 0 Å². The lowest BCUT2D eigenvalue weighted by molar-refractivity contribution is 0.0728. The third kappa shape index (κ3) is 6.33. The molecule has 4 aromatic rings. The molecule has 0 unspecified atom stereocenters. The number of carbonyl (C=O) groups excluding carboxylic acids is 1. The van der Waals surface area contributed by atoms with Crippen LogP contribution in [0.25, 0.3) is 0 Å². The molecule has 0 atom stereocenters. The monoisotopic (exact) mass is 513 g/mol. The van der Waals surface area contributed by atoms with Gasteiger partial charge in [-0.25, -0.2) is 4.98 Å². The quantitative estimate of drug-likeness (QED) is 0.308. The minimum atomic E-state index is -0.154. The van der Waals surface area contributed by atoms with E-state index in [4.69, 9.17) is 27.9 Å². The van der Waals surface area contributed by atoms with E-state index in [9.17, 15) is 9.90 Å². The number of amides is 1. The number of aliphatic hydroxyl groups is 1. The molecule has 34 heavy (non-hydrogen) atoms. The molecule has 0 aliphatic heterocycles. The Bertz CT molecular complexity index is 1250. The average molecular weight is 514 g/mol. The van der Waals surface area contributed by atoms with Crippen molar-refractivity contribution in [2.45, 2.75) is 26.3 Å². The molecular weight excluding hydrogens is 493 g/mol. The number of hydrogen-bond acceptors (Lipinski definition) is 6. The van der Waals surface area contributed by atoms with E-state index in [0.29, 0.717) is 33.6 Å². The van der Waals surface area contributed by atoms with Crippen LogP contribution in [0.2, 0.25) is 10.0 Å².